The minimum atomic E-state index is -0.670. The molecule has 2 unspecified atom stereocenters. The maximum Gasteiger partial charge on any atom is 0.109 e. The van der Waals surface area contributed by atoms with Crippen molar-refractivity contribution < 1.29 is 8.78 Å². The Labute approximate surface area is 584 Å². The molecule has 92 heavy (non-hydrogen) atoms. The molecule has 0 fully saturated rings. The predicted molar refractivity (Wildman–Crippen MR) is 418 cm³/mol. The summed E-state index contributed by atoms with van der Waals surface area (Å²) in [4.78, 5) is 0. The van der Waals surface area contributed by atoms with Crippen molar-refractivity contribution >= 4 is 0 Å². The van der Waals surface area contributed by atoms with Gasteiger partial charge in [-0.3, -0.25) is 4.39 Å². The van der Waals surface area contributed by atoms with Gasteiger partial charge in [-0.05, 0) is 38.0 Å². The first kappa shape index (κ1) is 91.9. The predicted octanol–water partition coefficient (Wildman–Crippen LogP) is 34.9. The minimum absolute atomic E-state index is 0.142. The van der Waals surface area contributed by atoms with E-state index in [4.69, 9.17) is 0 Å². The molecule has 0 saturated heterocycles. The maximum absolute atomic E-state index is 17.4. The molecule has 0 aromatic carbocycles. The third kappa shape index (κ3) is 77.2. The maximum atomic E-state index is 17.4. The van der Waals surface area contributed by atoms with E-state index in [-0.39, 0.29) is 12.6 Å². The highest BCUT2D eigenvalue weighted by atomic mass is 19.1. The van der Waals surface area contributed by atoms with Gasteiger partial charge in [0.05, 0.1) is 6.67 Å². The van der Waals surface area contributed by atoms with Crippen molar-refractivity contribution in [2.24, 2.45) is 5.92 Å². The van der Waals surface area contributed by atoms with Crippen LogP contribution in [0, 0.1) is 11.8 Å². The normalized spacial score (nSPS) is 12.6. The lowest BCUT2D eigenvalue weighted by molar-refractivity contribution is 0.193. The molecule has 0 aliphatic heterocycles. The first-order chi connectivity index (χ1) is 45.7. The Morgan fingerprint density at radius 3 is 0.457 bits per heavy atom. The van der Waals surface area contributed by atoms with E-state index in [1.807, 2.05) is 0 Å². The summed E-state index contributed by atoms with van der Waals surface area (Å²) in [7, 11) is 0. The zero-order chi connectivity index (χ0) is 66.1. The average Bonchev–Trinajstić information content (AvgIpc) is 3.77. The fourth-order valence-electron chi connectivity index (χ4n) is 15.6. The van der Waals surface area contributed by atoms with Crippen LogP contribution in [0.2, 0.25) is 0 Å². The summed E-state index contributed by atoms with van der Waals surface area (Å²) in [6, 6.07) is 0. The summed E-state index contributed by atoms with van der Waals surface area (Å²) in [6.07, 6.45) is 114. The first-order valence-corrected chi connectivity index (χ1v) is 44.8. The second-order valence-electron chi connectivity index (χ2n) is 31.5. The zero-order valence-electron chi connectivity index (χ0n) is 64.8. The van der Waals surface area contributed by atoms with E-state index < -0.39 is 6.17 Å². The fraction of sp³-hybridized carbons (Fsp3) is 0.989. The summed E-state index contributed by atoms with van der Waals surface area (Å²) >= 11 is 0. The van der Waals surface area contributed by atoms with Gasteiger partial charge in [0, 0.05) is 5.92 Å². The summed E-state index contributed by atoms with van der Waals surface area (Å²) in [5.74, 6) is 1.60. The van der Waals surface area contributed by atoms with E-state index in [1.54, 1.807) is 0 Å². The van der Waals surface area contributed by atoms with E-state index in [0.717, 1.165) is 38.5 Å². The van der Waals surface area contributed by atoms with E-state index in [9.17, 15) is 4.39 Å². The van der Waals surface area contributed by atoms with Crippen molar-refractivity contribution in [1.29, 1.82) is 0 Å². The summed E-state index contributed by atoms with van der Waals surface area (Å²) in [6.45, 7) is 6.81. The van der Waals surface area contributed by atoms with E-state index >= 15 is 4.39 Å². The van der Waals surface area contributed by atoms with Crippen LogP contribution in [-0.2, 0) is 0 Å². The molecular formula is C90H179F2. The van der Waals surface area contributed by atoms with Crippen LogP contribution < -0.4 is 0 Å². The van der Waals surface area contributed by atoms with Crippen molar-refractivity contribution in [3.05, 3.63) is 5.92 Å². The Morgan fingerprint density at radius 2 is 0.304 bits per heavy atom. The van der Waals surface area contributed by atoms with Crippen LogP contribution in [0.1, 0.15) is 554 Å². The van der Waals surface area contributed by atoms with Gasteiger partial charge in [-0.25, -0.2) is 4.39 Å². The first-order valence-electron chi connectivity index (χ1n) is 44.8. The van der Waals surface area contributed by atoms with Gasteiger partial charge in [-0.1, -0.05) is 522 Å². The number of halogens is 2. The number of rotatable bonds is 86. The standard InChI is InChI=1S/C90H179F2/c1-4-7-10-13-16-19-22-24-26-28-30-32-34-36-38-40-42-44-46-48-51-55-59-64-69-74-79-84-88(83-78-73-68-63-21-18-15-12-9-6-3)90(92)89(86-81-76-71-66-61-57-53-50-54-58-62-67-72-77-82-87-91)85-80-75-70-65-60-56-52-49-47-45-43-41-39-37-35-33-31-29-27-25-23-20-17-14-11-8-5-2/h88,90H,4-87H2,1-3H3. The van der Waals surface area contributed by atoms with Crippen molar-refractivity contribution in [2.45, 2.75) is 560 Å². The fourth-order valence-corrected chi connectivity index (χ4v) is 15.6. The molecule has 0 heterocycles. The molecular weight excluding hydrogens is 1120 g/mol. The molecule has 0 spiro atoms. The molecule has 0 aromatic heterocycles. The van der Waals surface area contributed by atoms with Gasteiger partial charge in [0.2, 0.25) is 0 Å². The van der Waals surface area contributed by atoms with Crippen LogP contribution >= 0.6 is 0 Å². The molecule has 0 aliphatic rings. The van der Waals surface area contributed by atoms with Crippen LogP contribution in [0.15, 0.2) is 0 Å². The van der Waals surface area contributed by atoms with Gasteiger partial charge in [-0.2, -0.15) is 0 Å². The van der Waals surface area contributed by atoms with Crippen LogP contribution in [0.5, 0.6) is 0 Å². The lowest BCUT2D eigenvalue weighted by atomic mass is 9.80. The number of unbranched alkanes of at least 4 members (excludes halogenated alkanes) is 75. The van der Waals surface area contributed by atoms with Crippen molar-refractivity contribution in [2.75, 3.05) is 6.67 Å². The molecule has 0 aromatic rings. The van der Waals surface area contributed by atoms with Gasteiger partial charge >= 0.3 is 0 Å². The second kappa shape index (κ2) is 85.1. The third-order valence-corrected chi connectivity index (χ3v) is 22.1. The SMILES string of the molecule is CCCCCCCCCCCCCCCCCCCCCCCCCCCCC[C](CCCCCCCCCCCCCCCCCF)C(F)C(CCCCCCCCCCCC)CCCCCCCCCCCCCCCCCCCCCCCCCCCCC. The zero-order valence-corrected chi connectivity index (χ0v) is 64.8. The van der Waals surface area contributed by atoms with Gasteiger partial charge in [0.15, 0.2) is 0 Å². The van der Waals surface area contributed by atoms with Crippen molar-refractivity contribution in [1.82, 2.24) is 0 Å². The molecule has 0 amide bonds. The van der Waals surface area contributed by atoms with Crippen LogP contribution in [0.25, 0.3) is 0 Å². The molecule has 0 bridgehead atoms. The van der Waals surface area contributed by atoms with E-state index in [2.05, 4.69) is 20.8 Å². The Kier molecular flexibility index (Phi) is 85.0. The minimum Gasteiger partial charge on any atom is -0.251 e. The quantitative estimate of drug-likeness (QED) is 0.0533. The Hall–Kier alpha value is -0.140. The van der Waals surface area contributed by atoms with Gasteiger partial charge in [-0.15, -0.1) is 0 Å². The molecule has 0 aliphatic carbocycles. The molecule has 0 saturated carbocycles. The second-order valence-corrected chi connectivity index (χ2v) is 31.5. The highest BCUT2D eigenvalue weighted by molar-refractivity contribution is 5.00. The highest BCUT2D eigenvalue weighted by Gasteiger charge is 2.29. The Morgan fingerprint density at radius 1 is 0.174 bits per heavy atom. The Bertz CT molecular complexity index is 1230. The molecule has 0 nitrogen and oxygen atoms in total. The van der Waals surface area contributed by atoms with Crippen molar-refractivity contribution in [3.8, 4) is 0 Å². The van der Waals surface area contributed by atoms with Crippen LogP contribution in [0.3, 0.4) is 0 Å². The smallest absolute Gasteiger partial charge is 0.109 e. The monoisotopic (exact) mass is 1300 g/mol. The molecule has 553 valence electrons. The molecule has 2 atom stereocenters. The van der Waals surface area contributed by atoms with Gasteiger partial charge in [0.1, 0.15) is 6.17 Å². The number of hydrogen-bond acceptors (Lipinski definition) is 0. The largest absolute Gasteiger partial charge is 0.251 e. The lowest BCUT2D eigenvalue weighted by Crippen LogP contribution is -2.24. The van der Waals surface area contributed by atoms with Crippen LogP contribution in [0.4, 0.5) is 8.78 Å². The Balaban J connectivity index is 4.72. The molecule has 0 rings (SSSR count). The third-order valence-electron chi connectivity index (χ3n) is 22.1. The summed E-state index contributed by atoms with van der Waals surface area (Å²) in [5, 5.41) is 0. The lowest BCUT2D eigenvalue weighted by Gasteiger charge is -2.28. The average molecular weight is 1300 g/mol. The molecule has 0 N–H and O–H groups in total. The number of alkyl halides is 2. The topological polar surface area (TPSA) is 0 Å². The summed E-state index contributed by atoms with van der Waals surface area (Å²) in [5.41, 5.74) is 0. The van der Waals surface area contributed by atoms with Gasteiger partial charge < -0.3 is 0 Å². The summed E-state index contributed by atoms with van der Waals surface area (Å²) < 4.78 is 29.7. The molecule has 2 heteroatoms. The van der Waals surface area contributed by atoms with Gasteiger partial charge in [0.25, 0.3) is 0 Å². The van der Waals surface area contributed by atoms with Crippen molar-refractivity contribution in [3.63, 3.8) is 0 Å². The highest BCUT2D eigenvalue weighted by Crippen LogP contribution is 2.36. The van der Waals surface area contributed by atoms with Crippen LogP contribution in [-0.4, -0.2) is 12.8 Å². The number of hydrogen-bond donors (Lipinski definition) is 0. The van der Waals surface area contributed by atoms with E-state index in [1.165, 1.54) is 500 Å². The van der Waals surface area contributed by atoms with E-state index in [0.29, 0.717) is 0 Å². The molecule has 1 radical (unpaired) electrons.